The molecular formula is C20H32N4O2. The molecule has 2 amide bonds. The molecule has 0 saturated carbocycles. The van der Waals surface area contributed by atoms with Crippen molar-refractivity contribution in [3.8, 4) is 0 Å². The van der Waals surface area contributed by atoms with Gasteiger partial charge in [-0.25, -0.2) is 0 Å². The summed E-state index contributed by atoms with van der Waals surface area (Å²) in [6.07, 6.45) is 4.81. The molecule has 0 bridgehead atoms. The maximum absolute atomic E-state index is 12.6. The summed E-state index contributed by atoms with van der Waals surface area (Å²) in [5.74, 6) is -0.290. The van der Waals surface area contributed by atoms with Crippen LogP contribution in [0.1, 0.15) is 52.4 Å². The standard InChI is InChI=1S/C20H32N4O2/c1-3-7-18(23-19(25)11-10-15(2)21)20(26)22-16-8-6-9-17(14-16)24-12-4-5-13-24/h6,8-9,14-15,18H,3-5,7,10-13,21H2,1-2H3,(H,22,26)(H,23,25). The highest BCUT2D eigenvalue weighted by Crippen LogP contribution is 2.23. The van der Waals surface area contributed by atoms with Crippen molar-refractivity contribution in [2.24, 2.45) is 5.73 Å². The quantitative estimate of drug-likeness (QED) is 0.632. The van der Waals surface area contributed by atoms with Crippen LogP contribution in [0.4, 0.5) is 11.4 Å². The van der Waals surface area contributed by atoms with Gasteiger partial charge in [0, 0.05) is 36.9 Å². The van der Waals surface area contributed by atoms with Gasteiger partial charge < -0.3 is 21.3 Å². The van der Waals surface area contributed by atoms with Gasteiger partial charge >= 0.3 is 0 Å². The third kappa shape index (κ3) is 6.33. The molecule has 1 aliphatic rings. The fourth-order valence-corrected chi connectivity index (χ4v) is 3.17. The molecule has 6 nitrogen and oxygen atoms in total. The minimum absolute atomic E-state index is 0.0208. The summed E-state index contributed by atoms with van der Waals surface area (Å²) in [7, 11) is 0. The zero-order valence-electron chi connectivity index (χ0n) is 16.0. The summed E-state index contributed by atoms with van der Waals surface area (Å²) in [5, 5.41) is 5.80. The number of hydrogen-bond acceptors (Lipinski definition) is 4. The second kappa shape index (κ2) is 10.2. The smallest absolute Gasteiger partial charge is 0.246 e. The minimum atomic E-state index is -0.518. The summed E-state index contributed by atoms with van der Waals surface area (Å²) in [6, 6.07) is 7.38. The van der Waals surface area contributed by atoms with Crippen molar-refractivity contribution < 1.29 is 9.59 Å². The van der Waals surface area contributed by atoms with E-state index in [0.717, 1.165) is 30.9 Å². The summed E-state index contributed by atoms with van der Waals surface area (Å²) in [4.78, 5) is 27.0. The van der Waals surface area contributed by atoms with E-state index in [4.69, 9.17) is 5.73 Å². The summed E-state index contributed by atoms with van der Waals surface area (Å²) in [6.45, 7) is 6.00. The van der Waals surface area contributed by atoms with Crippen LogP contribution < -0.4 is 21.3 Å². The van der Waals surface area contributed by atoms with Crippen molar-refractivity contribution in [2.75, 3.05) is 23.3 Å². The molecule has 0 spiro atoms. The Morgan fingerprint density at radius 1 is 1.23 bits per heavy atom. The lowest BCUT2D eigenvalue weighted by Gasteiger charge is -2.20. The van der Waals surface area contributed by atoms with Crippen LogP contribution in [0.2, 0.25) is 0 Å². The number of carbonyl (C=O) groups excluding carboxylic acids is 2. The highest BCUT2D eigenvalue weighted by atomic mass is 16.2. The number of anilines is 2. The second-order valence-corrected chi connectivity index (χ2v) is 7.16. The first-order valence-electron chi connectivity index (χ1n) is 9.70. The van der Waals surface area contributed by atoms with Crippen LogP contribution in [0.5, 0.6) is 0 Å². The van der Waals surface area contributed by atoms with Gasteiger partial charge in [-0.05, 0) is 50.8 Å². The van der Waals surface area contributed by atoms with Crippen molar-refractivity contribution in [1.82, 2.24) is 5.32 Å². The van der Waals surface area contributed by atoms with Gasteiger partial charge in [0.25, 0.3) is 0 Å². The minimum Gasteiger partial charge on any atom is -0.371 e. The van der Waals surface area contributed by atoms with Crippen molar-refractivity contribution in [3.05, 3.63) is 24.3 Å². The van der Waals surface area contributed by atoms with Crippen LogP contribution >= 0.6 is 0 Å². The predicted octanol–water partition coefficient (Wildman–Crippen LogP) is 2.64. The van der Waals surface area contributed by atoms with Gasteiger partial charge in [-0.1, -0.05) is 19.4 Å². The van der Waals surface area contributed by atoms with Gasteiger partial charge in [0.2, 0.25) is 11.8 Å². The van der Waals surface area contributed by atoms with Gasteiger partial charge in [0.05, 0.1) is 0 Å². The van der Waals surface area contributed by atoms with Crippen molar-refractivity contribution in [3.63, 3.8) is 0 Å². The fourth-order valence-electron chi connectivity index (χ4n) is 3.17. The first-order valence-corrected chi connectivity index (χ1v) is 9.70. The Balaban J connectivity index is 1.95. The highest BCUT2D eigenvalue weighted by Gasteiger charge is 2.20. The van der Waals surface area contributed by atoms with E-state index in [0.29, 0.717) is 19.3 Å². The maximum Gasteiger partial charge on any atom is 0.246 e. The molecule has 1 heterocycles. The number of nitrogens with zero attached hydrogens (tertiary/aromatic N) is 1. The molecule has 1 saturated heterocycles. The van der Waals surface area contributed by atoms with Crippen LogP contribution in [-0.2, 0) is 9.59 Å². The molecule has 0 aliphatic carbocycles. The third-order valence-electron chi connectivity index (χ3n) is 4.64. The molecule has 2 rings (SSSR count). The van der Waals surface area contributed by atoms with Crippen molar-refractivity contribution >= 4 is 23.2 Å². The normalized spacial score (nSPS) is 16.2. The van der Waals surface area contributed by atoms with Gasteiger partial charge in [-0.15, -0.1) is 0 Å². The number of rotatable bonds is 9. The predicted molar refractivity (Wildman–Crippen MR) is 106 cm³/mol. The van der Waals surface area contributed by atoms with Crippen molar-refractivity contribution in [2.45, 2.75) is 64.5 Å². The molecule has 6 heteroatoms. The van der Waals surface area contributed by atoms with E-state index in [1.165, 1.54) is 12.8 Å². The molecule has 1 aliphatic heterocycles. The molecular weight excluding hydrogens is 328 g/mol. The SMILES string of the molecule is CCCC(NC(=O)CCC(C)N)C(=O)Nc1cccc(N2CCCC2)c1. The Morgan fingerprint density at radius 2 is 1.96 bits per heavy atom. The van der Waals surface area contributed by atoms with Crippen LogP contribution in [0.3, 0.4) is 0 Å². The molecule has 4 N–H and O–H groups in total. The highest BCUT2D eigenvalue weighted by molar-refractivity contribution is 5.97. The summed E-state index contributed by atoms with van der Waals surface area (Å²) in [5.41, 5.74) is 7.60. The Bertz CT molecular complexity index is 597. The van der Waals surface area contributed by atoms with E-state index in [1.54, 1.807) is 0 Å². The Morgan fingerprint density at radius 3 is 2.62 bits per heavy atom. The molecule has 2 unspecified atom stereocenters. The average Bonchev–Trinajstić information content (AvgIpc) is 3.14. The average molecular weight is 361 g/mol. The van der Waals surface area contributed by atoms with Crippen LogP contribution in [0.25, 0.3) is 0 Å². The number of amides is 2. The zero-order chi connectivity index (χ0) is 18.9. The summed E-state index contributed by atoms with van der Waals surface area (Å²) >= 11 is 0. The van der Waals surface area contributed by atoms with E-state index in [-0.39, 0.29) is 17.9 Å². The molecule has 1 aromatic rings. The van der Waals surface area contributed by atoms with Gasteiger partial charge in [-0.3, -0.25) is 9.59 Å². The Kier molecular flexibility index (Phi) is 7.91. The number of nitrogens with two attached hydrogens (primary N) is 1. The molecule has 144 valence electrons. The first-order chi connectivity index (χ1) is 12.5. The van der Waals surface area contributed by atoms with Gasteiger partial charge in [0.1, 0.15) is 6.04 Å². The molecule has 26 heavy (non-hydrogen) atoms. The lowest BCUT2D eigenvalue weighted by Crippen LogP contribution is -2.44. The van der Waals surface area contributed by atoms with Gasteiger partial charge in [-0.2, -0.15) is 0 Å². The Labute approximate surface area is 156 Å². The third-order valence-corrected chi connectivity index (χ3v) is 4.64. The molecule has 1 fully saturated rings. The van der Waals surface area contributed by atoms with E-state index < -0.39 is 6.04 Å². The molecule has 1 aromatic carbocycles. The first kappa shape index (κ1) is 20.2. The number of nitrogens with one attached hydrogen (secondary N) is 2. The van der Waals surface area contributed by atoms with E-state index in [1.807, 2.05) is 32.0 Å². The van der Waals surface area contributed by atoms with E-state index in [2.05, 4.69) is 21.6 Å². The lowest BCUT2D eigenvalue weighted by molar-refractivity contribution is -0.126. The number of benzene rings is 1. The molecule has 2 atom stereocenters. The summed E-state index contributed by atoms with van der Waals surface area (Å²) < 4.78 is 0. The molecule has 0 aromatic heterocycles. The largest absolute Gasteiger partial charge is 0.371 e. The van der Waals surface area contributed by atoms with E-state index in [9.17, 15) is 9.59 Å². The monoisotopic (exact) mass is 360 g/mol. The second-order valence-electron chi connectivity index (χ2n) is 7.16. The van der Waals surface area contributed by atoms with Gasteiger partial charge in [0.15, 0.2) is 0 Å². The zero-order valence-corrected chi connectivity index (χ0v) is 16.0. The topological polar surface area (TPSA) is 87.5 Å². The maximum atomic E-state index is 12.6. The number of carbonyl (C=O) groups is 2. The lowest BCUT2D eigenvalue weighted by atomic mass is 10.1. The van der Waals surface area contributed by atoms with Crippen LogP contribution in [-0.4, -0.2) is 37.0 Å². The van der Waals surface area contributed by atoms with E-state index >= 15 is 0 Å². The molecule has 0 radical (unpaired) electrons. The van der Waals surface area contributed by atoms with Crippen LogP contribution in [0, 0.1) is 0 Å². The number of hydrogen-bond donors (Lipinski definition) is 3. The fraction of sp³-hybridized carbons (Fsp3) is 0.600. The Hall–Kier alpha value is -2.08. The van der Waals surface area contributed by atoms with Crippen molar-refractivity contribution in [1.29, 1.82) is 0 Å². The van der Waals surface area contributed by atoms with Crippen LogP contribution in [0.15, 0.2) is 24.3 Å².